The summed E-state index contributed by atoms with van der Waals surface area (Å²) in [6.45, 7) is 1.58. The Kier molecular flexibility index (Phi) is 2.50. The van der Waals surface area contributed by atoms with Gasteiger partial charge in [0.25, 0.3) is 0 Å². The molecule has 0 saturated carbocycles. The van der Waals surface area contributed by atoms with Gasteiger partial charge < -0.3 is 9.47 Å². The van der Waals surface area contributed by atoms with Gasteiger partial charge in [-0.1, -0.05) is 12.1 Å². The van der Waals surface area contributed by atoms with Crippen LogP contribution in [0.15, 0.2) is 24.3 Å². The van der Waals surface area contributed by atoms with E-state index in [9.17, 15) is 4.79 Å². The molecule has 0 amide bonds. The molecule has 1 aliphatic heterocycles. The predicted molar refractivity (Wildman–Crippen MR) is 51.3 cm³/mol. The summed E-state index contributed by atoms with van der Waals surface area (Å²) in [6, 6.07) is 7.50. The molecule has 1 heterocycles. The highest BCUT2D eigenvalue weighted by molar-refractivity contribution is 5.89. The molecule has 0 bridgehead atoms. The minimum atomic E-state index is -0.290. The van der Waals surface area contributed by atoms with E-state index < -0.39 is 0 Å². The first kappa shape index (κ1) is 9.21. The molecule has 0 aromatic heterocycles. The zero-order chi connectivity index (χ0) is 9.97. The highest BCUT2D eigenvalue weighted by Crippen LogP contribution is 2.23. The summed E-state index contributed by atoms with van der Waals surface area (Å²) in [5, 5.41) is 0. The van der Waals surface area contributed by atoms with Gasteiger partial charge in [-0.2, -0.15) is 0 Å². The van der Waals surface area contributed by atoms with E-state index in [1.807, 2.05) is 12.1 Å². The summed E-state index contributed by atoms with van der Waals surface area (Å²) < 4.78 is 9.71. The molecule has 3 nitrogen and oxygen atoms in total. The SMILES string of the molecule is COC(=O)c1ccc(C2COC2)cc1. The molecule has 74 valence electrons. The number of esters is 1. The first-order valence-corrected chi connectivity index (χ1v) is 4.57. The van der Waals surface area contributed by atoms with E-state index in [0.717, 1.165) is 13.2 Å². The number of methoxy groups -OCH3 is 1. The van der Waals surface area contributed by atoms with Crippen LogP contribution in [0.2, 0.25) is 0 Å². The highest BCUT2D eigenvalue weighted by Gasteiger charge is 2.20. The summed E-state index contributed by atoms with van der Waals surface area (Å²) in [4.78, 5) is 11.1. The lowest BCUT2D eigenvalue weighted by atomic mass is 9.97. The Balaban J connectivity index is 2.13. The fourth-order valence-corrected chi connectivity index (χ4v) is 1.44. The van der Waals surface area contributed by atoms with Crippen LogP contribution in [0.1, 0.15) is 21.8 Å². The second kappa shape index (κ2) is 3.80. The van der Waals surface area contributed by atoms with Crippen LogP contribution < -0.4 is 0 Å². The number of benzene rings is 1. The van der Waals surface area contributed by atoms with Crippen molar-refractivity contribution in [2.45, 2.75) is 5.92 Å². The lowest BCUT2D eigenvalue weighted by Crippen LogP contribution is -2.24. The molecule has 3 heteroatoms. The molecule has 1 aromatic carbocycles. The first-order valence-electron chi connectivity index (χ1n) is 4.57. The van der Waals surface area contributed by atoms with E-state index in [4.69, 9.17) is 4.74 Å². The molecule has 1 saturated heterocycles. The van der Waals surface area contributed by atoms with Gasteiger partial charge in [0.2, 0.25) is 0 Å². The van der Waals surface area contributed by atoms with Crippen molar-refractivity contribution < 1.29 is 14.3 Å². The van der Waals surface area contributed by atoms with Gasteiger partial charge in [0.15, 0.2) is 0 Å². The zero-order valence-electron chi connectivity index (χ0n) is 8.03. The van der Waals surface area contributed by atoms with Crippen molar-refractivity contribution in [2.75, 3.05) is 20.3 Å². The fourth-order valence-electron chi connectivity index (χ4n) is 1.44. The summed E-state index contributed by atoms with van der Waals surface area (Å²) in [6.07, 6.45) is 0. The van der Waals surface area contributed by atoms with Gasteiger partial charge in [-0.25, -0.2) is 4.79 Å². The van der Waals surface area contributed by atoms with E-state index >= 15 is 0 Å². The first-order chi connectivity index (χ1) is 6.81. The predicted octanol–water partition coefficient (Wildman–Crippen LogP) is 1.59. The zero-order valence-corrected chi connectivity index (χ0v) is 8.03. The van der Waals surface area contributed by atoms with Gasteiger partial charge in [-0.05, 0) is 17.7 Å². The normalized spacial score (nSPS) is 16.1. The molecule has 0 atom stereocenters. The van der Waals surface area contributed by atoms with Crippen LogP contribution >= 0.6 is 0 Å². The van der Waals surface area contributed by atoms with E-state index in [2.05, 4.69) is 4.74 Å². The smallest absolute Gasteiger partial charge is 0.337 e. The minimum Gasteiger partial charge on any atom is -0.465 e. The van der Waals surface area contributed by atoms with Gasteiger partial charge >= 0.3 is 5.97 Å². The van der Waals surface area contributed by atoms with Crippen LogP contribution in [0, 0.1) is 0 Å². The number of hydrogen-bond donors (Lipinski definition) is 0. The Bertz CT molecular complexity index is 325. The second-order valence-electron chi connectivity index (χ2n) is 3.35. The van der Waals surface area contributed by atoms with Crippen molar-refractivity contribution in [1.29, 1.82) is 0 Å². The van der Waals surface area contributed by atoms with Crippen molar-refractivity contribution in [3.63, 3.8) is 0 Å². The van der Waals surface area contributed by atoms with Gasteiger partial charge in [-0.3, -0.25) is 0 Å². The largest absolute Gasteiger partial charge is 0.465 e. The van der Waals surface area contributed by atoms with Crippen LogP contribution in [0.5, 0.6) is 0 Å². The van der Waals surface area contributed by atoms with Crippen molar-refractivity contribution in [1.82, 2.24) is 0 Å². The molecule has 1 aliphatic rings. The number of rotatable bonds is 2. The van der Waals surface area contributed by atoms with Crippen molar-refractivity contribution >= 4 is 5.97 Å². The van der Waals surface area contributed by atoms with Crippen molar-refractivity contribution in [2.24, 2.45) is 0 Å². The molecule has 0 spiro atoms. The minimum absolute atomic E-state index is 0.290. The fraction of sp³-hybridized carbons (Fsp3) is 0.364. The third-order valence-corrected chi connectivity index (χ3v) is 2.44. The maximum Gasteiger partial charge on any atom is 0.337 e. The Morgan fingerprint density at radius 1 is 1.36 bits per heavy atom. The Morgan fingerprint density at radius 2 is 2.00 bits per heavy atom. The maximum atomic E-state index is 11.1. The Labute approximate surface area is 82.6 Å². The van der Waals surface area contributed by atoms with Crippen LogP contribution in [-0.4, -0.2) is 26.3 Å². The third kappa shape index (κ3) is 1.63. The number of carbonyl (C=O) groups excluding carboxylic acids is 1. The van der Waals surface area contributed by atoms with E-state index in [1.54, 1.807) is 12.1 Å². The lowest BCUT2D eigenvalue weighted by molar-refractivity contribution is 0.00841. The van der Waals surface area contributed by atoms with E-state index in [1.165, 1.54) is 12.7 Å². The highest BCUT2D eigenvalue weighted by atomic mass is 16.5. The van der Waals surface area contributed by atoms with Gasteiger partial charge in [0.05, 0.1) is 25.9 Å². The van der Waals surface area contributed by atoms with Gasteiger partial charge in [0.1, 0.15) is 0 Å². The molecular weight excluding hydrogens is 180 g/mol. The quantitative estimate of drug-likeness (QED) is 0.667. The van der Waals surface area contributed by atoms with E-state index in [0.29, 0.717) is 11.5 Å². The lowest BCUT2D eigenvalue weighted by Gasteiger charge is -2.26. The molecule has 0 aliphatic carbocycles. The Hall–Kier alpha value is -1.35. The third-order valence-electron chi connectivity index (χ3n) is 2.44. The average Bonchev–Trinajstić information content (AvgIpc) is 2.15. The van der Waals surface area contributed by atoms with Crippen LogP contribution in [0.25, 0.3) is 0 Å². The van der Waals surface area contributed by atoms with Crippen molar-refractivity contribution in [3.8, 4) is 0 Å². The molecule has 2 rings (SSSR count). The van der Waals surface area contributed by atoms with E-state index in [-0.39, 0.29) is 5.97 Å². The van der Waals surface area contributed by atoms with Crippen LogP contribution in [-0.2, 0) is 9.47 Å². The van der Waals surface area contributed by atoms with Crippen molar-refractivity contribution in [3.05, 3.63) is 35.4 Å². The van der Waals surface area contributed by atoms with Gasteiger partial charge in [0, 0.05) is 5.92 Å². The molecule has 0 N–H and O–H groups in total. The number of hydrogen-bond acceptors (Lipinski definition) is 3. The van der Waals surface area contributed by atoms with Gasteiger partial charge in [-0.15, -0.1) is 0 Å². The summed E-state index contributed by atoms with van der Waals surface area (Å²) >= 11 is 0. The molecule has 0 radical (unpaired) electrons. The van der Waals surface area contributed by atoms with Crippen LogP contribution in [0.3, 0.4) is 0 Å². The van der Waals surface area contributed by atoms with Crippen LogP contribution in [0.4, 0.5) is 0 Å². The summed E-state index contributed by atoms with van der Waals surface area (Å²) in [5.41, 5.74) is 1.82. The number of carbonyl (C=O) groups is 1. The Morgan fingerprint density at radius 3 is 2.43 bits per heavy atom. The number of ether oxygens (including phenoxy) is 2. The molecule has 0 unspecified atom stereocenters. The molecule has 1 aromatic rings. The standard InChI is InChI=1S/C11H12O3/c1-13-11(12)9-4-2-8(3-5-9)10-6-14-7-10/h2-5,10H,6-7H2,1H3. The second-order valence-corrected chi connectivity index (χ2v) is 3.35. The average molecular weight is 192 g/mol. The molecule has 14 heavy (non-hydrogen) atoms. The maximum absolute atomic E-state index is 11.1. The monoisotopic (exact) mass is 192 g/mol. The molecular formula is C11H12O3. The topological polar surface area (TPSA) is 35.5 Å². The molecule has 1 fully saturated rings. The summed E-state index contributed by atoms with van der Waals surface area (Å²) in [5.74, 6) is 0.211. The summed E-state index contributed by atoms with van der Waals surface area (Å²) in [7, 11) is 1.38.